The molecule has 0 aliphatic rings. The number of ether oxygens (including phenoxy) is 5. The molecule has 9 nitrogen and oxygen atoms in total. The van der Waals surface area contributed by atoms with E-state index in [1.165, 1.54) is 38.5 Å². The summed E-state index contributed by atoms with van der Waals surface area (Å²) in [4.78, 5) is 45.6. The van der Waals surface area contributed by atoms with Gasteiger partial charge in [0.1, 0.15) is 6.42 Å². The number of esters is 4. The molecule has 1 aromatic carbocycles. The Kier molecular flexibility index (Phi) is 13.0. The van der Waals surface area contributed by atoms with Gasteiger partial charge in [0.15, 0.2) is 6.79 Å². The summed E-state index contributed by atoms with van der Waals surface area (Å²) in [7, 11) is 2.53. The van der Waals surface area contributed by atoms with Crippen LogP contribution in [0.4, 0.5) is 0 Å². The summed E-state index contributed by atoms with van der Waals surface area (Å²) < 4.78 is 22.8. The van der Waals surface area contributed by atoms with E-state index < -0.39 is 37.1 Å². The van der Waals surface area contributed by atoms with Gasteiger partial charge in [-0.15, -0.1) is 0 Å². The molecule has 0 heterocycles. The summed E-state index contributed by atoms with van der Waals surface area (Å²) >= 11 is 0. The zero-order valence-electron chi connectivity index (χ0n) is 13.1. The SMILES string of the molecule is C.C.COCOC(=O)CC(=O)OCOC(=O)c1cccc(C(=O)OC)c1. The van der Waals surface area contributed by atoms with Crippen LogP contribution in [-0.2, 0) is 33.3 Å². The monoisotopic (exact) mass is 372 g/mol. The molecule has 0 aliphatic heterocycles. The molecule has 0 fully saturated rings. The van der Waals surface area contributed by atoms with Crippen molar-refractivity contribution in [2.75, 3.05) is 27.8 Å². The van der Waals surface area contributed by atoms with Gasteiger partial charge in [0.05, 0.1) is 18.2 Å². The minimum atomic E-state index is -0.924. The van der Waals surface area contributed by atoms with Gasteiger partial charge in [-0.1, -0.05) is 20.9 Å². The molecule has 0 N–H and O–H groups in total. The van der Waals surface area contributed by atoms with Crippen molar-refractivity contribution < 1.29 is 42.9 Å². The largest absolute Gasteiger partial charge is 0.465 e. The second-order valence-corrected chi connectivity index (χ2v) is 4.24. The van der Waals surface area contributed by atoms with Crippen molar-refractivity contribution in [2.45, 2.75) is 21.3 Å². The fourth-order valence-corrected chi connectivity index (χ4v) is 1.47. The third kappa shape index (κ3) is 8.78. The van der Waals surface area contributed by atoms with E-state index in [1.54, 1.807) is 0 Å². The highest BCUT2D eigenvalue weighted by Gasteiger charge is 2.15. The number of carbonyl (C=O) groups excluding carboxylic acids is 4. The first-order chi connectivity index (χ1) is 11.5. The fraction of sp³-hybridized carbons (Fsp3) is 0.412. The topological polar surface area (TPSA) is 114 Å². The Morgan fingerprint density at radius 1 is 0.808 bits per heavy atom. The van der Waals surface area contributed by atoms with E-state index in [4.69, 9.17) is 4.74 Å². The Balaban J connectivity index is 0. The molecule has 0 radical (unpaired) electrons. The van der Waals surface area contributed by atoms with Gasteiger partial charge in [0, 0.05) is 7.11 Å². The van der Waals surface area contributed by atoms with Gasteiger partial charge in [-0.2, -0.15) is 0 Å². The van der Waals surface area contributed by atoms with Crippen molar-refractivity contribution in [3.63, 3.8) is 0 Å². The van der Waals surface area contributed by atoms with E-state index in [-0.39, 0.29) is 32.8 Å². The van der Waals surface area contributed by atoms with Crippen molar-refractivity contribution >= 4 is 23.9 Å². The van der Waals surface area contributed by atoms with Gasteiger partial charge in [0.2, 0.25) is 6.79 Å². The Labute approximate surface area is 152 Å². The first-order valence-electron chi connectivity index (χ1n) is 6.63. The predicted octanol–water partition coefficient (Wildman–Crippen LogP) is 1.94. The first kappa shape index (κ1) is 25.3. The van der Waals surface area contributed by atoms with E-state index in [1.807, 2.05) is 0 Å². The van der Waals surface area contributed by atoms with Crippen molar-refractivity contribution in [3.05, 3.63) is 35.4 Å². The van der Waals surface area contributed by atoms with Crippen LogP contribution in [-0.4, -0.2) is 51.7 Å². The second-order valence-electron chi connectivity index (χ2n) is 4.24. The smallest absolute Gasteiger partial charge is 0.341 e. The van der Waals surface area contributed by atoms with Crippen LogP contribution in [0.25, 0.3) is 0 Å². The lowest BCUT2D eigenvalue weighted by atomic mass is 10.1. The number of methoxy groups -OCH3 is 2. The first-order valence-corrected chi connectivity index (χ1v) is 6.63. The van der Waals surface area contributed by atoms with E-state index in [9.17, 15) is 19.2 Å². The highest BCUT2D eigenvalue weighted by atomic mass is 16.7. The Morgan fingerprint density at radius 2 is 1.35 bits per heavy atom. The Hall–Kier alpha value is -2.94. The lowest BCUT2D eigenvalue weighted by molar-refractivity contribution is -0.164. The van der Waals surface area contributed by atoms with Gasteiger partial charge >= 0.3 is 23.9 Å². The van der Waals surface area contributed by atoms with E-state index >= 15 is 0 Å². The maximum atomic E-state index is 11.8. The van der Waals surface area contributed by atoms with Crippen LogP contribution in [0, 0.1) is 0 Å². The number of hydrogen-bond donors (Lipinski definition) is 0. The molecule has 0 amide bonds. The van der Waals surface area contributed by atoms with E-state index in [0.717, 1.165) is 0 Å². The van der Waals surface area contributed by atoms with Crippen molar-refractivity contribution in [2.24, 2.45) is 0 Å². The molecule has 0 bridgehead atoms. The van der Waals surface area contributed by atoms with Gasteiger partial charge in [0.25, 0.3) is 0 Å². The third-order valence-corrected chi connectivity index (χ3v) is 2.56. The van der Waals surface area contributed by atoms with Crippen molar-refractivity contribution in [3.8, 4) is 0 Å². The number of rotatable bonds is 8. The lowest BCUT2D eigenvalue weighted by Crippen LogP contribution is -2.17. The third-order valence-electron chi connectivity index (χ3n) is 2.56. The Morgan fingerprint density at radius 3 is 1.88 bits per heavy atom. The van der Waals surface area contributed by atoms with Gasteiger partial charge in [-0.25, -0.2) is 9.59 Å². The van der Waals surface area contributed by atoms with Crippen molar-refractivity contribution in [1.82, 2.24) is 0 Å². The molecule has 1 aromatic rings. The minimum Gasteiger partial charge on any atom is -0.465 e. The summed E-state index contributed by atoms with van der Waals surface area (Å²) in [6.07, 6.45) is -0.640. The van der Waals surface area contributed by atoms with Crippen LogP contribution < -0.4 is 0 Å². The summed E-state index contributed by atoms with van der Waals surface area (Å²) in [5.74, 6) is -3.17. The van der Waals surface area contributed by atoms with E-state index in [2.05, 4.69) is 18.9 Å². The molecule has 0 aromatic heterocycles. The molecule has 26 heavy (non-hydrogen) atoms. The summed E-state index contributed by atoms with van der Waals surface area (Å²) in [5, 5.41) is 0. The normalized spacial score (nSPS) is 9.00. The van der Waals surface area contributed by atoms with Crippen LogP contribution in [0.5, 0.6) is 0 Å². The summed E-state index contributed by atoms with van der Waals surface area (Å²) in [6.45, 7) is -0.963. The lowest BCUT2D eigenvalue weighted by Gasteiger charge is -2.07. The van der Waals surface area contributed by atoms with Crippen LogP contribution in [0.3, 0.4) is 0 Å². The highest BCUT2D eigenvalue weighted by Crippen LogP contribution is 2.08. The van der Waals surface area contributed by atoms with Crippen LogP contribution in [0.1, 0.15) is 42.0 Å². The average molecular weight is 372 g/mol. The average Bonchev–Trinajstić information content (AvgIpc) is 2.59. The molecule has 0 spiro atoms. The fourth-order valence-electron chi connectivity index (χ4n) is 1.47. The molecule has 0 saturated heterocycles. The maximum Gasteiger partial charge on any atom is 0.341 e. The molecule has 0 aliphatic carbocycles. The Bertz CT molecular complexity index is 610. The van der Waals surface area contributed by atoms with Crippen molar-refractivity contribution in [1.29, 1.82) is 0 Å². The van der Waals surface area contributed by atoms with Gasteiger partial charge in [-0.3, -0.25) is 9.59 Å². The summed E-state index contributed by atoms with van der Waals surface area (Å²) in [5.41, 5.74) is 0.248. The maximum absolute atomic E-state index is 11.8. The standard InChI is InChI=1S/C15H16O9.2CH4/c1-20-8-22-12(16)7-13(17)23-9-24-15(19)11-5-3-4-10(6-11)14(18)21-2;;/h3-6H,7-9H2,1-2H3;2*1H4. The molecule has 9 heteroatoms. The molecular weight excluding hydrogens is 348 g/mol. The molecular formula is C17H24O9. The van der Waals surface area contributed by atoms with Crippen LogP contribution >= 0.6 is 0 Å². The van der Waals surface area contributed by atoms with E-state index in [0.29, 0.717) is 0 Å². The zero-order chi connectivity index (χ0) is 17.9. The molecule has 1 rings (SSSR count). The predicted molar refractivity (Wildman–Crippen MR) is 90.2 cm³/mol. The van der Waals surface area contributed by atoms with Gasteiger partial charge < -0.3 is 23.7 Å². The van der Waals surface area contributed by atoms with Crippen LogP contribution in [0.2, 0.25) is 0 Å². The second kappa shape index (κ2) is 13.4. The number of hydrogen-bond acceptors (Lipinski definition) is 9. The van der Waals surface area contributed by atoms with Gasteiger partial charge in [-0.05, 0) is 18.2 Å². The molecule has 0 atom stereocenters. The molecule has 0 saturated carbocycles. The van der Waals surface area contributed by atoms with Crippen LogP contribution in [0.15, 0.2) is 24.3 Å². The highest BCUT2D eigenvalue weighted by molar-refractivity contribution is 5.95. The zero-order valence-corrected chi connectivity index (χ0v) is 13.1. The number of benzene rings is 1. The summed E-state index contributed by atoms with van der Waals surface area (Å²) in [6, 6.07) is 5.63. The quantitative estimate of drug-likeness (QED) is 0.292. The number of carbonyl (C=O) groups is 4. The molecule has 146 valence electrons. The minimum absolute atomic E-state index is 0. The molecule has 0 unspecified atom stereocenters.